The highest BCUT2D eigenvalue weighted by Crippen LogP contribution is 2.24. The van der Waals surface area contributed by atoms with E-state index in [1.807, 2.05) is 11.8 Å². The molecule has 0 aliphatic carbocycles. The van der Waals surface area contributed by atoms with Crippen LogP contribution in [0.15, 0.2) is 6.07 Å². The van der Waals surface area contributed by atoms with Gasteiger partial charge in [0.05, 0.1) is 13.2 Å². The van der Waals surface area contributed by atoms with Gasteiger partial charge in [0.1, 0.15) is 11.5 Å². The van der Waals surface area contributed by atoms with Crippen LogP contribution in [-0.4, -0.2) is 83.3 Å². The van der Waals surface area contributed by atoms with Crippen molar-refractivity contribution < 1.29 is 14.6 Å². The standard InChI is InChI=1S/C18H28N4O3/c1-13-7-17(20-14(2)19-13)18(24)22-10-15(8-16(11-22)12-23)9-21-3-5-25-6-4-21/h7,15-16,23H,3-6,8-12H2,1-2H3/t15-,16+/m1/s1. The summed E-state index contributed by atoms with van der Waals surface area (Å²) in [4.78, 5) is 25.7. The van der Waals surface area contributed by atoms with Gasteiger partial charge in [0, 0.05) is 45.0 Å². The molecule has 0 spiro atoms. The second kappa shape index (κ2) is 8.21. The van der Waals surface area contributed by atoms with Crippen molar-refractivity contribution >= 4 is 5.91 Å². The molecule has 0 unspecified atom stereocenters. The molecule has 3 heterocycles. The van der Waals surface area contributed by atoms with E-state index in [2.05, 4.69) is 14.9 Å². The molecule has 2 fully saturated rings. The van der Waals surface area contributed by atoms with Crippen LogP contribution < -0.4 is 0 Å². The number of likely N-dealkylation sites (tertiary alicyclic amines) is 1. The van der Waals surface area contributed by atoms with Crippen molar-refractivity contribution in [2.75, 3.05) is 52.5 Å². The van der Waals surface area contributed by atoms with Gasteiger partial charge in [-0.1, -0.05) is 0 Å². The van der Waals surface area contributed by atoms with E-state index in [0.29, 0.717) is 24.0 Å². The number of aryl methyl sites for hydroxylation is 2. The molecule has 1 amide bonds. The van der Waals surface area contributed by atoms with Gasteiger partial charge in [-0.2, -0.15) is 0 Å². The SMILES string of the molecule is Cc1cc(C(=O)N2C[C@@H](CN3CCOCC3)C[C@H](CO)C2)nc(C)n1. The van der Waals surface area contributed by atoms with Crippen molar-refractivity contribution in [3.63, 3.8) is 0 Å². The minimum absolute atomic E-state index is 0.0567. The Kier molecular flexibility index (Phi) is 5.98. The Labute approximate surface area is 149 Å². The van der Waals surface area contributed by atoms with Crippen molar-refractivity contribution in [2.45, 2.75) is 20.3 Å². The lowest BCUT2D eigenvalue weighted by atomic mass is 9.89. The summed E-state index contributed by atoms with van der Waals surface area (Å²) in [6.07, 6.45) is 0.958. The zero-order valence-electron chi connectivity index (χ0n) is 15.1. The molecule has 1 N–H and O–H groups in total. The maximum absolute atomic E-state index is 12.9. The summed E-state index contributed by atoms with van der Waals surface area (Å²) in [5, 5.41) is 9.68. The fraction of sp³-hybridized carbons (Fsp3) is 0.722. The lowest BCUT2D eigenvalue weighted by Crippen LogP contribution is -2.49. The van der Waals surface area contributed by atoms with Crippen molar-refractivity contribution in [3.8, 4) is 0 Å². The number of hydrogen-bond donors (Lipinski definition) is 1. The first kappa shape index (κ1) is 18.2. The smallest absolute Gasteiger partial charge is 0.272 e. The Morgan fingerprint density at radius 3 is 2.64 bits per heavy atom. The number of nitrogens with zero attached hydrogens (tertiary/aromatic N) is 4. The van der Waals surface area contributed by atoms with Gasteiger partial charge in [0.15, 0.2) is 0 Å². The fourth-order valence-corrected chi connectivity index (χ4v) is 3.89. The van der Waals surface area contributed by atoms with Crippen LogP contribution in [-0.2, 0) is 4.74 Å². The van der Waals surface area contributed by atoms with Crippen LogP contribution in [0.4, 0.5) is 0 Å². The molecule has 0 bridgehead atoms. The zero-order chi connectivity index (χ0) is 17.8. The van der Waals surface area contributed by atoms with Crippen molar-refractivity contribution in [1.29, 1.82) is 0 Å². The van der Waals surface area contributed by atoms with Gasteiger partial charge in [-0.15, -0.1) is 0 Å². The maximum atomic E-state index is 12.9. The highest BCUT2D eigenvalue weighted by Gasteiger charge is 2.32. The molecular weight excluding hydrogens is 320 g/mol. The van der Waals surface area contributed by atoms with Crippen LogP contribution in [0.1, 0.15) is 28.4 Å². The van der Waals surface area contributed by atoms with Gasteiger partial charge >= 0.3 is 0 Å². The number of carbonyl (C=O) groups is 1. The second-order valence-corrected chi connectivity index (χ2v) is 7.22. The number of carbonyl (C=O) groups excluding carboxylic acids is 1. The van der Waals surface area contributed by atoms with Gasteiger partial charge in [-0.3, -0.25) is 9.69 Å². The summed E-state index contributed by atoms with van der Waals surface area (Å²) in [5.74, 6) is 1.06. The van der Waals surface area contributed by atoms with Crippen LogP contribution in [0.3, 0.4) is 0 Å². The Hall–Kier alpha value is -1.57. The number of amides is 1. The Balaban J connectivity index is 1.69. The average Bonchev–Trinajstić information content (AvgIpc) is 2.60. The monoisotopic (exact) mass is 348 g/mol. The third-order valence-electron chi connectivity index (χ3n) is 4.97. The quantitative estimate of drug-likeness (QED) is 0.853. The molecule has 0 radical (unpaired) electrons. The number of aliphatic hydroxyl groups excluding tert-OH is 1. The van der Waals surface area contributed by atoms with Crippen LogP contribution in [0, 0.1) is 25.7 Å². The van der Waals surface area contributed by atoms with Gasteiger partial charge in [-0.25, -0.2) is 9.97 Å². The van der Waals surface area contributed by atoms with Gasteiger partial charge in [-0.05, 0) is 38.2 Å². The first-order chi connectivity index (χ1) is 12.0. The van der Waals surface area contributed by atoms with Crippen LogP contribution in [0.5, 0.6) is 0 Å². The van der Waals surface area contributed by atoms with E-state index >= 15 is 0 Å². The predicted octanol–water partition coefficient (Wildman–Crippen LogP) is 0.496. The molecule has 138 valence electrons. The van der Waals surface area contributed by atoms with E-state index in [1.54, 1.807) is 13.0 Å². The normalized spacial score (nSPS) is 25.2. The summed E-state index contributed by atoms with van der Waals surface area (Å²) >= 11 is 0. The molecular formula is C18H28N4O3. The molecule has 2 aliphatic heterocycles. The van der Waals surface area contributed by atoms with Crippen molar-refractivity contribution in [2.24, 2.45) is 11.8 Å². The first-order valence-corrected chi connectivity index (χ1v) is 9.07. The molecule has 1 aromatic heterocycles. The van der Waals surface area contributed by atoms with E-state index in [1.165, 1.54) is 0 Å². The summed E-state index contributed by atoms with van der Waals surface area (Å²) in [6.45, 7) is 9.49. The molecule has 7 nitrogen and oxygen atoms in total. The topological polar surface area (TPSA) is 78.8 Å². The van der Waals surface area contributed by atoms with Crippen LogP contribution in [0.2, 0.25) is 0 Å². The summed E-state index contributed by atoms with van der Waals surface area (Å²) in [5.41, 5.74) is 1.25. The lowest BCUT2D eigenvalue weighted by molar-refractivity contribution is 0.0129. The lowest BCUT2D eigenvalue weighted by Gasteiger charge is -2.39. The molecule has 7 heteroatoms. The Bertz CT molecular complexity index is 584. The van der Waals surface area contributed by atoms with E-state index in [4.69, 9.17) is 4.74 Å². The summed E-state index contributed by atoms with van der Waals surface area (Å²) < 4.78 is 5.41. The van der Waals surface area contributed by atoms with E-state index in [9.17, 15) is 9.90 Å². The number of morpholine rings is 1. The predicted molar refractivity (Wildman–Crippen MR) is 93.4 cm³/mol. The minimum atomic E-state index is -0.0567. The molecule has 2 aliphatic rings. The number of rotatable bonds is 4. The van der Waals surface area contributed by atoms with Crippen molar-refractivity contribution in [3.05, 3.63) is 23.3 Å². The number of ether oxygens (including phenoxy) is 1. The second-order valence-electron chi connectivity index (χ2n) is 7.22. The van der Waals surface area contributed by atoms with E-state index in [0.717, 1.165) is 51.5 Å². The first-order valence-electron chi connectivity index (χ1n) is 9.07. The average molecular weight is 348 g/mol. The fourth-order valence-electron chi connectivity index (χ4n) is 3.89. The molecule has 2 saturated heterocycles. The summed E-state index contributed by atoms with van der Waals surface area (Å²) in [7, 11) is 0. The Morgan fingerprint density at radius 1 is 1.24 bits per heavy atom. The highest BCUT2D eigenvalue weighted by atomic mass is 16.5. The van der Waals surface area contributed by atoms with Gasteiger partial charge < -0.3 is 14.7 Å². The van der Waals surface area contributed by atoms with Crippen molar-refractivity contribution in [1.82, 2.24) is 19.8 Å². The molecule has 1 aromatic rings. The van der Waals surface area contributed by atoms with Gasteiger partial charge in [0.25, 0.3) is 5.91 Å². The number of hydrogen-bond acceptors (Lipinski definition) is 6. The third kappa shape index (κ3) is 4.74. The number of aliphatic hydroxyl groups is 1. The van der Waals surface area contributed by atoms with Crippen LogP contribution in [0.25, 0.3) is 0 Å². The maximum Gasteiger partial charge on any atom is 0.272 e. The third-order valence-corrected chi connectivity index (χ3v) is 4.97. The zero-order valence-corrected chi connectivity index (χ0v) is 15.1. The molecule has 3 rings (SSSR count). The number of aromatic nitrogens is 2. The van der Waals surface area contributed by atoms with Crippen LogP contribution >= 0.6 is 0 Å². The minimum Gasteiger partial charge on any atom is -0.396 e. The molecule has 2 atom stereocenters. The molecule has 0 aromatic carbocycles. The molecule has 25 heavy (non-hydrogen) atoms. The highest BCUT2D eigenvalue weighted by molar-refractivity contribution is 5.92. The largest absolute Gasteiger partial charge is 0.396 e. The summed E-state index contributed by atoms with van der Waals surface area (Å²) in [6, 6.07) is 1.74. The Morgan fingerprint density at radius 2 is 1.96 bits per heavy atom. The van der Waals surface area contributed by atoms with Gasteiger partial charge in [0.2, 0.25) is 0 Å². The van der Waals surface area contributed by atoms with E-state index < -0.39 is 0 Å². The molecule has 0 saturated carbocycles. The number of piperidine rings is 1. The van der Waals surface area contributed by atoms with E-state index in [-0.39, 0.29) is 18.4 Å².